The second-order valence-electron chi connectivity index (χ2n) is 4.95. The molecule has 21 heavy (non-hydrogen) atoms. The van der Waals surface area contributed by atoms with E-state index in [1.54, 1.807) is 7.11 Å². The van der Waals surface area contributed by atoms with Crippen LogP contribution < -0.4 is 10.1 Å². The lowest BCUT2D eigenvalue weighted by molar-refractivity contribution is -0.141. The van der Waals surface area contributed by atoms with Crippen molar-refractivity contribution >= 4 is 5.97 Å². The zero-order valence-corrected chi connectivity index (χ0v) is 13.2. The highest BCUT2D eigenvalue weighted by Gasteiger charge is 2.21. The lowest BCUT2D eigenvalue weighted by Gasteiger charge is -2.24. The first-order chi connectivity index (χ1) is 10.0. The fourth-order valence-corrected chi connectivity index (χ4v) is 2.33. The van der Waals surface area contributed by atoms with Gasteiger partial charge in [-0.05, 0) is 43.1 Å². The van der Waals surface area contributed by atoms with Crippen molar-refractivity contribution in [2.45, 2.75) is 38.8 Å². The lowest BCUT2D eigenvalue weighted by Crippen LogP contribution is -2.35. The summed E-state index contributed by atoms with van der Waals surface area (Å²) in [5, 5.41) is 13.7. The zero-order chi connectivity index (χ0) is 15.8. The Kier molecular flexibility index (Phi) is 7.19. The fraction of sp³-hybridized carbons (Fsp3) is 0.562. The van der Waals surface area contributed by atoms with Crippen LogP contribution in [0, 0.1) is 6.92 Å². The van der Waals surface area contributed by atoms with Gasteiger partial charge in [0.1, 0.15) is 5.75 Å². The molecule has 0 bridgehead atoms. The van der Waals surface area contributed by atoms with Crippen molar-refractivity contribution in [3.05, 3.63) is 29.3 Å². The third-order valence-electron chi connectivity index (χ3n) is 3.50. The second-order valence-corrected chi connectivity index (χ2v) is 4.95. The molecular weight excluding hydrogens is 270 g/mol. The van der Waals surface area contributed by atoms with E-state index in [0.29, 0.717) is 6.42 Å². The van der Waals surface area contributed by atoms with Crippen LogP contribution in [0.15, 0.2) is 18.2 Å². The summed E-state index contributed by atoms with van der Waals surface area (Å²) >= 11 is 0. The minimum atomic E-state index is -0.681. The quantitative estimate of drug-likeness (QED) is 0.718. The van der Waals surface area contributed by atoms with Gasteiger partial charge >= 0.3 is 5.97 Å². The summed E-state index contributed by atoms with van der Waals surface area (Å²) in [6.07, 6.45) is 0.117. The number of nitrogens with one attached hydrogen (secondary N) is 1. The van der Waals surface area contributed by atoms with E-state index in [0.717, 1.165) is 23.4 Å². The number of hydrogen-bond donors (Lipinski definition) is 2. The number of aryl methyl sites for hydroxylation is 1. The zero-order valence-electron chi connectivity index (χ0n) is 13.2. The molecule has 0 spiro atoms. The molecule has 0 aromatic heterocycles. The number of carbonyl (C=O) groups excluding carboxylic acids is 1. The van der Waals surface area contributed by atoms with Crippen LogP contribution in [-0.4, -0.2) is 37.9 Å². The molecule has 0 aliphatic heterocycles. The highest BCUT2D eigenvalue weighted by molar-refractivity contribution is 5.69. The van der Waals surface area contributed by atoms with Gasteiger partial charge in [-0.25, -0.2) is 0 Å². The largest absolute Gasteiger partial charge is 0.496 e. The second kappa shape index (κ2) is 8.64. The number of carbonyl (C=O) groups is 1. The van der Waals surface area contributed by atoms with E-state index in [9.17, 15) is 9.90 Å². The van der Waals surface area contributed by atoms with E-state index in [2.05, 4.69) is 10.1 Å². The molecule has 118 valence electrons. The van der Waals surface area contributed by atoms with Gasteiger partial charge < -0.3 is 19.9 Å². The minimum Gasteiger partial charge on any atom is -0.496 e. The molecule has 0 heterocycles. The molecule has 0 saturated carbocycles. The first-order valence-corrected chi connectivity index (χ1v) is 7.16. The van der Waals surface area contributed by atoms with Crippen LogP contribution >= 0.6 is 0 Å². The molecule has 0 aliphatic carbocycles. The van der Waals surface area contributed by atoms with Gasteiger partial charge in [0.25, 0.3) is 0 Å². The van der Waals surface area contributed by atoms with E-state index in [-0.39, 0.29) is 18.4 Å². The van der Waals surface area contributed by atoms with Crippen LogP contribution in [-0.2, 0) is 9.53 Å². The summed E-state index contributed by atoms with van der Waals surface area (Å²) < 4.78 is 9.87. The SMILES string of the molecule is CCNC(CCC(=O)OC)C(O)c1ccc(OC)c(C)c1. The summed E-state index contributed by atoms with van der Waals surface area (Å²) in [6, 6.07) is 5.41. The van der Waals surface area contributed by atoms with Crippen molar-refractivity contribution in [1.29, 1.82) is 0 Å². The van der Waals surface area contributed by atoms with Crippen LogP contribution in [0.5, 0.6) is 5.75 Å². The summed E-state index contributed by atoms with van der Waals surface area (Å²) in [4.78, 5) is 11.3. The summed E-state index contributed by atoms with van der Waals surface area (Å²) in [5.41, 5.74) is 1.78. The van der Waals surface area contributed by atoms with Gasteiger partial charge in [0, 0.05) is 12.5 Å². The summed E-state index contributed by atoms with van der Waals surface area (Å²) in [5.74, 6) is 0.525. The Morgan fingerprint density at radius 3 is 2.62 bits per heavy atom. The van der Waals surface area contributed by atoms with E-state index >= 15 is 0 Å². The van der Waals surface area contributed by atoms with Crippen LogP contribution in [0.4, 0.5) is 0 Å². The number of hydrogen-bond acceptors (Lipinski definition) is 5. The number of benzene rings is 1. The molecule has 0 saturated heterocycles. The van der Waals surface area contributed by atoms with E-state index in [4.69, 9.17) is 4.74 Å². The fourth-order valence-electron chi connectivity index (χ4n) is 2.33. The molecule has 1 aromatic rings. The number of rotatable bonds is 8. The van der Waals surface area contributed by atoms with Gasteiger partial charge in [0.05, 0.1) is 20.3 Å². The van der Waals surface area contributed by atoms with E-state index in [1.807, 2.05) is 32.0 Å². The van der Waals surface area contributed by atoms with Gasteiger partial charge in [-0.15, -0.1) is 0 Å². The van der Waals surface area contributed by atoms with Gasteiger partial charge in [0.2, 0.25) is 0 Å². The van der Waals surface area contributed by atoms with Crippen LogP contribution in [0.3, 0.4) is 0 Å². The number of likely N-dealkylation sites (N-methyl/N-ethyl adjacent to an activating group) is 1. The average molecular weight is 295 g/mol. The van der Waals surface area contributed by atoms with Gasteiger partial charge in [-0.3, -0.25) is 4.79 Å². The Bertz CT molecular complexity index is 462. The maximum atomic E-state index is 11.3. The van der Waals surface area contributed by atoms with Crippen LogP contribution in [0.1, 0.15) is 37.0 Å². The molecule has 5 heteroatoms. The van der Waals surface area contributed by atoms with Gasteiger partial charge in [-0.1, -0.05) is 13.0 Å². The number of ether oxygens (including phenoxy) is 2. The molecule has 5 nitrogen and oxygen atoms in total. The monoisotopic (exact) mass is 295 g/mol. The highest BCUT2D eigenvalue weighted by Crippen LogP contribution is 2.25. The van der Waals surface area contributed by atoms with Gasteiger partial charge in [0.15, 0.2) is 0 Å². The third-order valence-corrected chi connectivity index (χ3v) is 3.50. The Morgan fingerprint density at radius 1 is 1.38 bits per heavy atom. The Labute approximate surface area is 126 Å². The minimum absolute atomic E-state index is 0.193. The number of esters is 1. The molecule has 1 aromatic carbocycles. The summed E-state index contributed by atoms with van der Waals surface area (Å²) in [7, 11) is 2.99. The van der Waals surface area contributed by atoms with E-state index < -0.39 is 6.10 Å². The van der Waals surface area contributed by atoms with Crippen LogP contribution in [0.25, 0.3) is 0 Å². The van der Waals surface area contributed by atoms with Crippen molar-refractivity contribution in [2.24, 2.45) is 0 Å². The Morgan fingerprint density at radius 2 is 2.10 bits per heavy atom. The topological polar surface area (TPSA) is 67.8 Å². The Hall–Kier alpha value is -1.59. The van der Waals surface area contributed by atoms with Crippen LogP contribution in [0.2, 0.25) is 0 Å². The highest BCUT2D eigenvalue weighted by atomic mass is 16.5. The van der Waals surface area contributed by atoms with Crippen molar-refractivity contribution in [3.8, 4) is 5.75 Å². The average Bonchev–Trinajstić information content (AvgIpc) is 2.50. The molecule has 0 amide bonds. The predicted molar refractivity (Wildman–Crippen MR) is 81.4 cm³/mol. The molecule has 1 rings (SSSR count). The molecule has 0 aliphatic rings. The summed E-state index contributed by atoms with van der Waals surface area (Å²) in [6.45, 7) is 4.63. The maximum absolute atomic E-state index is 11.3. The first-order valence-electron chi connectivity index (χ1n) is 7.16. The first kappa shape index (κ1) is 17.5. The molecular formula is C16H25NO4. The Balaban J connectivity index is 2.81. The van der Waals surface area contributed by atoms with Crippen molar-refractivity contribution in [1.82, 2.24) is 5.32 Å². The van der Waals surface area contributed by atoms with Gasteiger partial charge in [-0.2, -0.15) is 0 Å². The molecule has 2 N–H and O–H groups in total. The van der Waals surface area contributed by atoms with Crippen molar-refractivity contribution < 1.29 is 19.4 Å². The maximum Gasteiger partial charge on any atom is 0.305 e. The standard InChI is InChI=1S/C16H25NO4/c1-5-17-13(7-9-15(18)21-4)16(19)12-6-8-14(20-3)11(2)10-12/h6,8,10,13,16-17,19H,5,7,9H2,1-4H3. The smallest absolute Gasteiger partial charge is 0.305 e. The van der Waals surface area contributed by atoms with Crippen molar-refractivity contribution in [2.75, 3.05) is 20.8 Å². The molecule has 2 unspecified atom stereocenters. The number of aliphatic hydroxyl groups is 1. The third kappa shape index (κ3) is 5.02. The van der Waals surface area contributed by atoms with E-state index in [1.165, 1.54) is 7.11 Å². The normalized spacial score (nSPS) is 13.6. The molecule has 2 atom stereocenters. The predicted octanol–water partition coefficient (Wildman–Crippen LogP) is 1.97. The number of methoxy groups -OCH3 is 2. The molecule has 0 radical (unpaired) electrons. The number of aliphatic hydroxyl groups excluding tert-OH is 1. The molecule has 0 fully saturated rings. The van der Waals surface area contributed by atoms with Crippen molar-refractivity contribution in [3.63, 3.8) is 0 Å². The lowest BCUT2D eigenvalue weighted by atomic mass is 9.96.